The van der Waals surface area contributed by atoms with Gasteiger partial charge in [0.25, 0.3) is 5.91 Å². The van der Waals surface area contributed by atoms with Crippen LogP contribution in [-0.2, 0) is 11.2 Å². The number of primary amides is 1. The first-order chi connectivity index (χ1) is 12.4. The van der Waals surface area contributed by atoms with Gasteiger partial charge < -0.3 is 15.5 Å². The number of aromatic nitrogens is 1. The molecule has 146 valence electrons. The van der Waals surface area contributed by atoms with E-state index in [0.29, 0.717) is 0 Å². The Bertz CT molecular complexity index is 862. The second-order valence-electron chi connectivity index (χ2n) is 7.74. The molecule has 27 heavy (non-hydrogen) atoms. The molecule has 0 spiro atoms. The zero-order valence-electron chi connectivity index (χ0n) is 16.1. The molecule has 2 rings (SSSR count). The summed E-state index contributed by atoms with van der Waals surface area (Å²) in [7, 11) is -1.95. The van der Waals surface area contributed by atoms with E-state index in [4.69, 9.17) is 21.8 Å². The van der Waals surface area contributed by atoms with Gasteiger partial charge in [0.1, 0.15) is 10.6 Å². The quantitative estimate of drug-likeness (QED) is 0.668. The Morgan fingerprint density at radius 2 is 2.00 bits per heavy atom. The van der Waals surface area contributed by atoms with E-state index in [9.17, 15) is 9.59 Å². The third-order valence-corrected chi connectivity index (χ3v) is 10.2. The predicted octanol–water partition coefficient (Wildman–Crippen LogP) is 4.46. The minimum Gasteiger partial charge on any atom is -0.543 e. The van der Waals surface area contributed by atoms with Crippen molar-refractivity contribution in [1.82, 2.24) is 4.98 Å². The summed E-state index contributed by atoms with van der Waals surface area (Å²) in [5.74, 6) is -0.172. The van der Waals surface area contributed by atoms with Gasteiger partial charge in [-0.05, 0) is 35.8 Å². The van der Waals surface area contributed by atoms with Crippen LogP contribution in [0.1, 0.15) is 36.0 Å². The standard InChI is InChI=1S/C18H24ClN3O3SSi/c1-18(2,3)27(4,5)25-12-8-6-7-11(9-12)10-13(23)21-17-22-15(19)14(26-17)16(20)24/h6-9H,10H2,1-5H3,(H2,20,24)(H,21,22,23). The first-order valence-corrected chi connectivity index (χ1v) is 12.5. The third kappa shape index (κ3) is 5.54. The molecule has 1 aromatic carbocycles. The number of rotatable bonds is 6. The summed E-state index contributed by atoms with van der Waals surface area (Å²) in [6.07, 6.45) is 0.151. The maximum absolute atomic E-state index is 12.3. The molecule has 1 heterocycles. The van der Waals surface area contributed by atoms with Crippen molar-refractivity contribution >= 4 is 48.2 Å². The molecule has 0 fully saturated rings. The predicted molar refractivity (Wildman–Crippen MR) is 112 cm³/mol. The average Bonchev–Trinajstić information content (AvgIpc) is 2.86. The van der Waals surface area contributed by atoms with Crippen molar-refractivity contribution in [2.75, 3.05) is 5.32 Å². The number of thiazole rings is 1. The van der Waals surface area contributed by atoms with Gasteiger partial charge in [-0.3, -0.25) is 9.59 Å². The van der Waals surface area contributed by atoms with Gasteiger partial charge >= 0.3 is 0 Å². The van der Waals surface area contributed by atoms with Crippen LogP contribution in [0.25, 0.3) is 0 Å². The van der Waals surface area contributed by atoms with Crippen molar-refractivity contribution in [2.45, 2.75) is 45.3 Å². The summed E-state index contributed by atoms with van der Waals surface area (Å²) in [6, 6.07) is 7.52. The van der Waals surface area contributed by atoms with Crippen LogP contribution in [0.5, 0.6) is 5.75 Å². The number of carbonyl (C=O) groups is 2. The molecule has 0 radical (unpaired) electrons. The van der Waals surface area contributed by atoms with Crippen LogP contribution in [-0.4, -0.2) is 25.1 Å². The Balaban J connectivity index is 2.06. The van der Waals surface area contributed by atoms with E-state index >= 15 is 0 Å². The van der Waals surface area contributed by atoms with E-state index in [1.807, 2.05) is 24.3 Å². The number of nitrogens with two attached hydrogens (primary N) is 1. The number of nitrogens with zero attached hydrogens (tertiary/aromatic N) is 1. The number of hydrogen-bond acceptors (Lipinski definition) is 5. The lowest BCUT2D eigenvalue weighted by molar-refractivity contribution is -0.115. The molecule has 2 aromatic rings. The summed E-state index contributed by atoms with van der Waals surface area (Å²) in [5.41, 5.74) is 6.02. The maximum Gasteiger partial charge on any atom is 0.262 e. The highest BCUT2D eigenvalue weighted by molar-refractivity contribution is 7.18. The largest absolute Gasteiger partial charge is 0.543 e. The first kappa shape index (κ1) is 21.4. The summed E-state index contributed by atoms with van der Waals surface area (Å²) in [5, 5.41) is 2.96. The summed E-state index contributed by atoms with van der Waals surface area (Å²) >= 11 is 6.79. The van der Waals surface area contributed by atoms with Gasteiger partial charge in [-0.1, -0.05) is 55.8 Å². The highest BCUT2D eigenvalue weighted by Gasteiger charge is 2.38. The molecular weight excluding hydrogens is 402 g/mol. The van der Waals surface area contributed by atoms with Gasteiger partial charge in [0, 0.05) is 0 Å². The molecule has 0 aliphatic heterocycles. The van der Waals surface area contributed by atoms with E-state index < -0.39 is 14.2 Å². The maximum atomic E-state index is 12.3. The van der Waals surface area contributed by atoms with Crippen molar-refractivity contribution in [3.05, 3.63) is 39.9 Å². The molecule has 0 bridgehead atoms. The van der Waals surface area contributed by atoms with E-state index in [1.165, 1.54) is 0 Å². The smallest absolute Gasteiger partial charge is 0.262 e. The molecule has 9 heteroatoms. The molecule has 3 N–H and O–H groups in total. The second kappa shape index (κ2) is 8.00. The molecule has 2 amide bonds. The Morgan fingerprint density at radius 1 is 1.33 bits per heavy atom. The van der Waals surface area contributed by atoms with Gasteiger partial charge in [0.05, 0.1) is 6.42 Å². The van der Waals surface area contributed by atoms with E-state index in [1.54, 1.807) is 0 Å². The van der Waals surface area contributed by atoms with Crippen molar-refractivity contribution < 1.29 is 14.0 Å². The zero-order chi connectivity index (χ0) is 20.4. The highest BCUT2D eigenvalue weighted by atomic mass is 35.5. The van der Waals surface area contributed by atoms with Gasteiger partial charge in [0.2, 0.25) is 14.2 Å². The molecule has 0 aliphatic carbocycles. The number of halogens is 1. The lowest BCUT2D eigenvalue weighted by atomic mass is 10.1. The van der Waals surface area contributed by atoms with Crippen LogP contribution in [0.4, 0.5) is 5.13 Å². The number of amides is 2. The topological polar surface area (TPSA) is 94.3 Å². The Kier molecular flexibility index (Phi) is 6.34. The molecule has 0 saturated carbocycles. The highest BCUT2D eigenvalue weighted by Crippen LogP contribution is 2.37. The van der Waals surface area contributed by atoms with E-state index in [-0.39, 0.29) is 32.5 Å². The Hall–Kier alpha value is -1.90. The van der Waals surface area contributed by atoms with Crippen LogP contribution < -0.4 is 15.5 Å². The van der Waals surface area contributed by atoms with E-state index in [2.05, 4.69) is 44.2 Å². The van der Waals surface area contributed by atoms with E-state index in [0.717, 1.165) is 22.6 Å². The lowest BCUT2D eigenvalue weighted by Gasteiger charge is -2.36. The molecule has 0 aliphatic rings. The number of benzene rings is 1. The second-order valence-corrected chi connectivity index (χ2v) is 13.8. The zero-order valence-corrected chi connectivity index (χ0v) is 18.6. The molecule has 0 atom stereocenters. The minimum absolute atomic E-state index is 0.00688. The van der Waals surface area contributed by atoms with Crippen LogP contribution in [0, 0.1) is 0 Å². The fraction of sp³-hybridized carbons (Fsp3) is 0.389. The minimum atomic E-state index is -1.95. The lowest BCUT2D eigenvalue weighted by Crippen LogP contribution is -2.43. The fourth-order valence-electron chi connectivity index (χ4n) is 2.02. The molecule has 0 unspecified atom stereocenters. The average molecular weight is 426 g/mol. The summed E-state index contributed by atoms with van der Waals surface area (Å²) in [6.45, 7) is 10.9. The van der Waals surface area contributed by atoms with Crippen molar-refractivity contribution in [3.8, 4) is 5.75 Å². The Morgan fingerprint density at radius 3 is 2.56 bits per heavy atom. The van der Waals surface area contributed by atoms with Crippen LogP contribution in [0.15, 0.2) is 24.3 Å². The van der Waals surface area contributed by atoms with Crippen molar-refractivity contribution in [1.29, 1.82) is 0 Å². The summed E-state index contributed by atoms with van der Waals surface area (Å²) in [4.78, 5) is 27.6. The molecule has 0 saturated heterocycles. The SMILES string of the molecule is CC(C)(C)[Si](C)(C)Oc1cccc(CC(=O)Nc2nc(Cl)c(C(N)=O)s2)c1. The van der Waals surface area contributed by atoms with Crippen molar-refractivity contribution in [2.24, 2.45) is 5.73 Å². The number of nitrogens with one attached hydrogen (secondary N) is 1. The van der Waals surface area contributed by atoms with Crippen LogP contribution >= 0.6 is 22.9 Å². The molecule has 1 aromatic heterocycles. The number of anilines is 1. The van der Waals surface area contributed by atoms with Gasteiger partial charge in [-0.15, -0.1) is 0 Å². The monoisotopic (exact) mass is 425 g/mol. The van der Waals surface area contributed by atoms with Gasteiger partial charge in [0.15, 0.2) is 10.3 Å². The number of carbonyl (C=O) groups excluding carboxylic acids is 2. The fourth-order valence-corrected chi connectivity index (χ4v) is 4.11. The molecular formula is C18H24ClN3O3SSi. The van der Waals surface area contributed by atoms with Crippen LogP contribution in [0.2, 0.25) is 23.3 Å². The van der Waals surface area contributed by atoms with Gasteiger partial charge in [-0.25, -0.2) is 4.98 Å². The number of hydrogen-bond donors (Lipinski definition) is 2. The summed E-state index contributed by atoms with van der Waals surface area (Å²) < 4.78 is 6.28. The normalized spacial score (nSPS) is 11.9. The third-order valence-electron chi connectivity index (χ3n) is 4.50. The van der Waals surface area contributed by atoms with Crippen molar-refractivity contribution in [3.63, 3.8) is 0 Å². The Labute approximate surface area is 169 Å². The first-order valence-electron chi connectivity index (χ1n) is 8.43. The molecule has 6 nitrogen and oxygen atoms in total. The van der Waals surface area contributed by atoms with Crippen LogP contribution in [0.3, 0.4) is 0 Å². The van der Waals surface area contributed by atoms with Gasteiger partial charge in [-0.2, -0.15) is 0 Å².